The fraction of sp³-hybridized carbons (Fsp3) is 0.571. The summed E-state index contributed by atoms with van der Waals surface area (Å²) in [6, 6.07) is 15.3. The summed E-state index contributed by atoms with van der Waals surface area (Å²) in [5, 5.41) is 21.0. The zero-order valence-electron chi connectivity index (χ0n) is 27.2. The molecule has 4 rings (SSSR count). The monoisotopic (exact) mass is 639 g/mol. The molecule has 0 saturated carbocycles. The SMILES string of the molecule is CC(C)(C)OC(=O)[C@@H]1CCCN1C[C@H]1C[C@@H](c2ccc(CO)cc2)O[C@@H](c2ccc(CNC(=O)CCCCCC(=O)NO)cc2)O1. The highest BCUT2D eigenvalue weighted by Crippen LogP contribution is 2.39. The number of aliphatic hydroxyl groups is 1. The third kappa shape index (κ3) is 10.9. The summed E-state index contributed by atoms with van der Waals surface area (Å²) in [5.74, 6) is -0.670. The molecular formula is C35H49N3O8. The van der Waals surface area contributed by atoms with E-state index in [-0.39, 0.29) is 43.2 Å². The molecule has 252 valence electrons. The van der Waals surface area contributed by atoms with Crippen LogP contribution >= 0.6 is 0 Å². The van der Waals surface area contributed by atoms with Crippen molar-refractivity contribution in [1.29, 1.82) is 0 Å². The molecule has 2 aromatic rings. The molecule has 0 radical (unpaired) electrons. The van der Waals surface area contributed by atoms with Gasteiger partial charge in [0.25, 0.3) is 0 Å². The molecule has 2 saturated heterocycles. The standard InChI is InChI=1S/C35H49N3O8/c1-35(2,3)46-33(42)29-8-7-19-38(29)22-28-20-30(26-15-13-25(23-39)14-16-26)45-34(44-28)27-17-11-24(12-18-27)21-36-31(40)9-5-4-6-10-32(41)37-43/h11-18,28-30,34,39,43H,4-10,19-23H2,1-3H3,(H,36,40)(H,37,41)/t28-,29+,30+,34+/m1/s1. The summed E-state index contributed by atoms with van der Waals surface area (Å²) >= 11 is 0. The van der Waals surface area contributed by atoms with Crippen LogP contribution in [0.15, 0.2) is 48.5 Å². The molecule has 2 aliphatic rings. The van der Waals surface area contributed by atoms with Crippen LogP contribution in [0, 0.1) is 0 Å². The van der Waals surface area contributed by atoms with Crippen molar-refractivity contribution in [3.8, 4) is 0 Å². The van der Waals surface area contributed by atoms with E-state index in [1.54, 1.807) is 5.48 Å². The minimum Gasteiger partial charge on any atom is -0.459 e. The van der Waals surface area contributed by atoms with Crippen molar-refractivity contribution in [2.75, 3.05) is 13.1 Å². The predicted molar refractivity (Wildman–Crippen MR) is 170 cm³/mol. The first kappa shape index (κ1) is 35.5. The molecule has 0 spiro atoms. The van der Waals surface area contributed by atoms with Gasteiger partial charge >= 0.3 is 5.97 Å². The predicted octanol–water partition coefficient (Wildman–Crippen LogP) is 4.60. The molecule has 11 nitrogen and oxygen atoms in total. The van der Waals surface area contributed by atoms with Crippen LogP contribution in [0.2, 0.25) is 0 Å². The van der Waals surface area contributed by atoms with Crippen LogP contribution in [-0.4, -0.2) is 63.8 Å². The van der Waals surface area contributed by atoms with Crippen LogP contribution in [0.3, 0.4) is 0 Å². The summed E-state index contributed by atoms with van der Waals surface area (Å²) in [7, 11) is 0. The third-order valence-corrected chi connectivity index (χ3v) is 8.27. The number of hydroxylamine groups is 1. The number of likely N-dealkylation sites (tertiary alicyclic amines) is 1. The van der Waals surface area contributed by atoms with Gasteiger partial charge in [-0.05, 0) is 69.7 Å². The van der Waals surface area contributed by atoms with E-state index in [4.69, 9.17) is 19.4 Å². The van der Waals surface area contributed by atoms with Gasteiger partial charge in [0.15, 0.2) is 6.29 Å². The number of rotatable bonds is 14. The molecule has 2 fully saturated rings. The maximum atomic E-state index is 13.0. The Balaban J connectivity index is 1.37. The summed E-state index contributed by atoms with van der Waals surface area (Å²) in [5.41, 5.74) is 4.69. The second-order valence-electron chi connectivity index (χ2n) is 13.2. The summed E-state index contributed by atoms with van der Waals surface area (Å²) in [6.45, 7) is 7.39. The van der Waals surface area contributed by atoms with Crippen molar-refractivity contribution in [3.05, 3.63) is 70.8 Å². The van der Waals surface area contributed by atoms with Gasteiger partial charge in [-0.15, -0.1) is 0 Å². The smallest absolute Gasteiger partial charge is 0.323 e. The van der Waals surface area contributed by atoms with E-state index in [0.717, 1.165) is 48.1 Å². The summed E-state index contributed by atoms with van der Waals surface area (Å²) in [4.78, 5) is 38.5. The number of carbonyl (C=O) groups is 3. The number of hydrogen-bond acceptors (Lipinski definition) is 9. The maximum Gasteiger partial charge on any atom is 0.323 e. The number of nitrogens with zero attached hydrogens (tertiary/aromatic N) is 1. The Morgan fingerprint density at radius 3 is 2.22 bits per heavy atom. The number of ether oxygens (including phenoxy) is 3. The van der Waals surface area contributed by atoms with E-state index in [2.05, 4.69) is 10.2 Å². The van der Waals surface area contributed by atoms with Crippen molar-refractivity contribution in [3.63, 3.8) is 0 Å². The molecule has 4 N–H and O–H groups in total. The number of hydrogen-bond donors (Lipinski definition) is 4. The van der Waals surface area contributed by atoms with Crippen LogP contribution in [0.4, 0.5) is 0 Å². The highest BCUT2D eigenvalue weighted by molar-refractivity contribution is 5.77. The Bertz CT molecular complexity index is 1280. The molecule has 11 heteroatoms. The summed E-state index contributed by atoms with van der Waals surface area (Å²) < 4.78 is 18.7. The highest BCUT2D eigenvalue weighted by atomic mass is 16.7. The van der Waals surface area contributed by atoms with E-state index in [1.807, 2.05) is 69.3 Å². The Morgan fingerprint density at radius 1 is 0.913 bits per heavy atom. The first-order chi connectivity index (χ1) is 22.0. The van der Waals surface area contributed by atoms with Gasteiger partial charge in [0.1, 0.15) is 11.6 Å². The van der Waals surface area contributed by atoms with Crippen LogP contribution < -0.4 is 10.8 Å². The van der Waals surface area contributed by atoms with Crippen molar-refractivity contribution >= 4 is 17.8 Å². The van der Waals surface area contributed by atoms with Gasteiger partial charge in [0, 0.05) is 37.9 Å². The number of unbranched alkanes of at least 4 members (excludes halogenated alkanes) is 2. The van der Waals surface area contributed by atoms with Crippen LogP contribution in [0.1, 0.15) is 107 Å². The minimum absolute atomic E-state index is 0.0283. The van der Waals surface area contributed by atoms with Gasteiger partial charge in [-0.1, -0.05) is 55.0 Å². The lowest BCUT2D eigenvalue weighted by Crippen LogP contribution is -2.45. The zero-order chi connectivity index (χ0) is 33.1. The van der Waals surface area contributed by atoms with Crippen molar-refractivity contribution in [2.45, 2.75) is 115 Å². The largest absolute Gasteiger partial charge is 0.459 e. The fourth-order valence-corrected chi connectivity index (χ4v) is 5.86. The van der Waals surface area contributed by atoms with Gasteiger partial charge in [0.05, 0.1) is 18.8 Å². The van der Waals surface area contributed by atoms with Gasteiger partial charge in [-0.2, -0.15) is 0 Å². The first-order valence-corrected chi connectivity index (χ1v) is 16.3. The second kappa shape index (κ2) is 17.0. The van der Waals surface area contributed by atoms with Crippen molar-refractivity contribution in [1.82, 2.24) is 15.7 Å². The lowest BCUT2D eigenvalue weighted by atomic mass is 9.99. The lowest BCUT2D eigenvalue weighted by Gasteiger charge is -2.38. The number of amides is 2. The molecule has 2 aliphatic heterocycles. The highest BCUT2D eigenvalue weighted by Gasteiger charge is 2.38. The number of benzene rings is 2. The minimum atomic E-state index is -0.625. The molecular weight excluding hydrogens is 590 g/mol. The molecule has 0 aromatic heterocycles. The normalized spacial score (nSPS) is 21.9. The van der Waals surface area contributed by atoms with Crippen molar-refractivity contribution < 1.29 is 38.9 Å². The van der Waals surface area contributed by atoms with Crippen LogP contribution in [-0.2, 0) is 41.7 Å². The topological polar surface area (TPSA) is 147 Å². The Morgan fingerprint density at radius 2 is 1.57 bits per heavy atom. The Hall–Kier alpha value is -3.35. The molecule has 4 atom stereocenters. The lowest BCUT2D eigenvalue weighted by molar-refractivity contribution is -0.253. The fourth-order valence-electron chi connectivity index (χ4n) is 5.86. The average Bonchev–Trinajstić information content (AvgIpc) is 3.51. The molecule has 2 heterocycles. The zero-order valence-corrected chi connectivity index (χ0v) is 27.2. The number of carbonyl (C=O) groups excluding carboxylic acids is 3. The van der Waals surface area contributed by atoms with Crippen LogP contribution in [0.5, 0.6) is 0 Å². The number of aliphatic hydroxyl groups excluding tert-OH is 1. The second-order valence-corrected chi connectivity index (χ2v) is 13.2. The maximum absolute atomic E-state index is 13.0. The molecule has 2 aromatic carbocycles. The summed E-state index contributed by atoms with van der Waals surface area (Å²) in [6.07, 6.45) is 3.86. The van der Waals surface area contributed by atoms with E-state index in [0.29, 0.717) is 38.8 Å². The molecule has 0 unspecified atom stereocenters. The average molecular weight is 640 g/mol. The van der Waals surface area contributed by atoms with E-state index < -0.39 is 17.8 Å². The molecule has 0 aliphatic carbocycles. The van der Waals surface area contributed by atoms with E-state index in [9.17, 15) is 19.5 Å². The van der Waals surface area contributed by atoms with E-state index in [1.165, 1.54) is 0 Å². The van der Waals surface area contributed by atoms with E-state index >= 15 is 0 Å². The number of esters is 1. The van der Waals surface area contributed by atoms with Gasteiger partial charge in [-0.3, -0.25) is 24.5 Å². The third-order valence-electron chi connectivity index (χ3n) is 8.27. The quantitative estimate of drug-likeness (QED) is 0.101. The van der Waals surface area contributed by atoms with Crippen LogP contribution in [0.25, 0.3) is 0 Å². The Kier molecular flexibility index (Phi) is 13.1. The van der Waals surface area contributed by atoms with Gasteiger partial charge < -0.3 is 24.6 Å². The molecule has 2 amide bonds. The first-order valence-electron chi connectivity index (χ1n) is 16.3. The molecule has 46 heavy (non-hydrogen) atoms. The molecule has 0 bridgehead atoms. The van der Waals surface area contributed by atoms with Crippen molar-refractivity contribution in [2.24, 2.45) is 0 Å². The van der Waals surface area contributed by atoms with Gasteiger partial charge in [-0.25, -0.2) is 5.48 Å². The number of nitrogens with one attached hydrogen (secondary N) is 2. The van der Waals surface area contributed by atoms with Gasteiger partial charge in [0.2, 0.25) is 11.8 Å². The Labute approximate surface area is 271 Å².